The predicted octanol–water partition coefficient (Wildman–Crippen LogP) is 7.56. The standard InChI is InChI=1S/C16H10ClF3N2O2.C10H6BrF3N2O.C7H6BF3O3.CH4/c1-8-4-5-22-12(6-8)21-14(16(18,19)20)13(15(22)24)10-3-2-9(23)7-11(10)17;1-5-2-3-16-6(4-5)15-8(10(12,13)14)7(11)9(16)17;9-7(10,11)5-3-4(12)1-2-6(5)8(13)14;/h2-7,23H,1H3;2-4H,1H3;1-3,12-14H;1H4. The number of rotatable bonds is 2. The highest BCUT2D eigenvalue weighted by Gasteiger charge is 2.39. The Kier molecular flexibility index (Phi) is 13.7. The van der Waals surface area contributed by atoms with Gasteiger partial charge in [-0.05, 0) is 101 Å². The molecule has 6 aromatic rings. The third-order valence-electron chi connectivity index (χ3n) is 7.30. The molecule has 10 nitrogen and oxygen atoms in total. The van der Waals surface area contributed by atoms with Crippen LogP contribution >= 0.6 is 27.5 Å². The number of pyridine rings is 2. The number of halogens is 11. The van der Waals surface area contributed by atoms with E-state index in [1.165, 1.54) is 24.5 Å². The van der Waals surface area contributed by atoms with Gasteiger partial charge in [0.15, 0.2) is 11.4 Å². The quantitative estimate of drug-likeness (QED) is 0.103. The molecule has 2 aromatic carbocycles. The Morgan fingerprint density at radius 1 is 0.679 bits per heavy atom. The molecule has 0 amide bonds. The normalized spacial score (nSPS) is 11.6. The summed E-state index contributed by atoms with van der Waals surface area (Å²) in [7, 11) is -2.22. The summed E-state index contributed by atoms with van der Waals surface area (Å²) in [4.78, 5) is 31.4. The highest BCUT2D eigenvalue weighted by molar-refractivity contribution is 9.10. The van der Waals surface area contributed by atoms with Gasteiger partial charge in [-0.15, -0.1) is 0 Å². The van der Waals surface area contributed by atoms with Crippen molar-refractivity contribution in [2.45, 2.75) is 39.8 Å². The van der Waals surface area contributed by atoms with Crippen LogP contribution in [0.4, 0.5) is 39.5 Å². The van der Waals surface area contributed by atoms with Gasteiger partial charge in [-0.2, -0.15) is 39.5 Å². The van der Waals surface area contributed by atoms with Gasteiger partial charge in [0, 0.05) is 18.0 Å². The van der Waals surface area contributed by atoms with Gasteiger partial charge in [-0.1, -0.05) is 25.1 Å². The third kappa shape index (κ3) is 10.2. The SMILES string of the molecule is C.Cc1ccn2c(=O)c(-c3ccc(O)cc3Cl)c(C(F)(F)F)nc2c1.Cc1ccn2c(=O)c(Br)c(C(F)(F)F)nc2c1.OB(O)c1ccc(O)cc1C(F)(F)F. The zero-order valence-electron chi connectivity index (χ0n) is 27.6. The number of hydrogen-bond donors (Lipinski definition) is 4. The van der Waals surface area contributed by atoms with Gasteiger partial charge in [-0.3, -0.25) is 18.4 Å². The predicted molar refractivity (Wildman–Crippen MR) is 192 cm³/mol. The lowest BCUT2D eigenvalue weighted by molar-refractivity contribution is -0.142. The molecule has 0 spiro atoms. The number of fused-ring (bicyclic) bond motifs is 2. The number of aromatic nitrogens is 4. The van der Waals surface area contributed by atoms with E-state index in [0.29, 0.717) is 11.6 Å². The van der Waals surface area contributed by atoms with E-state index in [9.17, 15) is 54.2 Å². The molecule has 0 unspecified atom stereocenters. The van der Waals surface area contributed by atoms with Crippen molar-refractivity contribution in [1.82, 2.24) is 18.8 Å². The minimum Gasteiger partial charge on any atom is -0.508 e. The van der Waals surface area contributed by atoms with E-state index in [1.54, 1.807) is 26.0 Å². The summed E-state index contributed by atoms with van der Waals surface area (Å²) in [5, 5.41) is 35.3. The number of hydrogen-bond acceptors (Lipinski definition) is 8. The molecule has 22 heteroatoms. The van der Waals surface area contributed by atoms with Crippen LogP contribution in [-0.2, 0) is 18.5 Å². The molecule has 0 atom stereocenters. The van der Waals surface area contributed by atoms with Crippen molar-refractivity contribution in [2.24, 2.45) is 0 Å². The lowest BCUT2D eigenvalue weighted by atomic mass is 9.77. The summed E-state index contributed by atoms with van der Waals surface area (Å²) in [5.41, 5.74) is -5.65. The fourth-order valence-electron chi connectivity index (χ4n) is 4.82. The van der Waals surface area contributed by atoms with Gasteiger partial charge in [0.2, 0.25) is 0 Å². The summed E-state index contributed by atoms with van der Waals surface area (Å²) in [6.45, 7) is 3.39. The van der Waals surface area contributed by atoms with Crippen LogP contribution in [0.5, 0.6) is 11.5 Å². The zero-order valence-corrected chi connectivity index (χ0v) is 29.9. The van der Waals surface area contributed by atoms with Gasteiger partial charge in [0.1, 0.15) is 27.3 Å². The van der Waals surface area contributed by atoms with Gasteiger partial charge in [0.05, 0.1) is 16.1 Å². The van der Waals surface area contributed by atoms with E-state index >= 15 is 0 Å². The van der Waals surface area contributed by atoms with E-state index < -0.39 is 75.0 Å². The van der Waals surface area contributed by atoms with Crippen LogP contribution in [0.1, 0.15) is 35.5 Å². The maximum absolute atomic E-state index is 13.5. The number of aromatic hydroxyl groups is 2. The van der Waals surface area contributed by atoms with Crippen molar-refractivity contribution in [2.75, 3.05) is 0 Å². The average Bonchev–Trinajstić information content (AvgIpc) is 3.05. The second-order valence-corrected chi connectivity index (χ2v) is 12.6. The van der Waals surface area contributed by atoms with Crippen molar-refractivity contribution >= 4 is 51.4 Å². The first-order chi connectivity index (χ1) is 25.3. The van der Waals surface area contributed by atoms with E-state index in [4.69, 9.17) is 26.8 Å². The molecule has 0 saturated carbocycles. The van der Waals surface area contributed by atoms with Crippen LogP contribution in [0.2, 0.25) is 5.02 Å². The second-order valence-electron chi connectivity index (χ2n) is 11.4. The zero-order chi connectivity index (χ0) is 41.4. The summed E-state index contributed by atoms with van der Waals surface area (Å²) in [5.74, 6) is -0.802. The Morgan fingerprint density at radius 3 is 1.61 bits per heavy atom. The van der Waals surface area contributed by atoms with E-state index in [-0.39, 0.29) is 35.1 Å². The van der Waals surface area contributed by atoms with Crippen molar-refractivity contribution in [3.8, 4) is 22.6 Å². The molecule has 4 aromatic heterocycles. The summed E-state index contributed by atoms with van der Waals surface area (Å²) in [6.07, 6.45) is -11.5. The number of phenols is 2. The molecular weight excluding hydrogens is 858 g/mol. The Bertz CT molecular complexity index is 2530. The minimum atomic E-state index is -4.84. The lowest BCUT2D eigenvalue weighted by Gasteiger charge is -2.14. The maximum atomic E-state index is 13.5. The Labute approximate surface area is 323 Å². The monoisotopic (exact) mass is 882 g/mol. The molecule has 0 aliphatic heterocycles. The highest BCUT2D eigenvalue weighted by atomic mass is 79.9. The van der Waals surface area contributed by atoms with Crippen LogP contribution in [0.25, 0.3) is 22.4 Å². The van der Waals surface area contributed by atoms with Crippen LogP contribution in [0, 0.1) is 13.8 Å². The maximum Gasteiger partial charge on any atom is 0.489 e. The minimum absolute atomic E-state index is 0. The van der Waals surface area contributed by atoms with Crippen molar-refractivity contribution in [3.63, 3.8) is 0 Å². The van der Waals surface area contributed by atoms with Crippen molar-refractivity contribution < 1.29 is 59.8 Å². The molecule has 0 aliphatic rings. The Balaban J connectivity index is 0.000000233. The molecule has 4 N–H and O–H groups in total. The van der Waals surface area contributed by atoms with Gasteiger partial charge >= 0.3 is 25.6 Å². The number of nitrogens with zero attached hydrogens (tertiary/aromatic N) is 4. The van der Waals surface area contributed by atoms with Crippen LogP contribution in [0.3, 0.4) is 0 Å². The van der Waals surface area contributed by atoms with Crippen LogP contribution < -0.4 is 16.6 Å². The molecule has 0 radical (unpaired) electrons. The van der Waals surface area contributed by atoms with Crippen LogP contribution in [0.15, 0.2) is 87.1 Å². The molecule has 0 saturated heterocycles. The first-order valence-electron chi connectivity index (χ1n) is 14.9. The first kappa shape index (κ1) is 45.3. The first-order valence-corrected chi connectivity index (χ1v) is 16.1. The highest BCUT2D eigenvalue weighted by Crippen LogP contribution is 2.38. The number of alkyl halides is 9. The van der Waals surface area contributed by atoms with Gasteiger partial charge in [0.25, 0.3) is 11.1 Å². The van der Waals surface area contributed by atoms with E-state index in [1.807, 2.05) is 0 Å². The fourth-order valence-corrected chi connectivity index (χ4v) is 5.59. The number of aryl methyl sites for hydroxylation is 2. The average molecular weight is 884 g/mol. The molecule has 298 valence electrons. The smallest absolute Gasteiger partial charge is 0.489 e. The second kappa shape index (κ2) is 16.9. The van der Waals surface area contributed by atoms with E-state index in [2.05, 4.69) is 25.9 Å². The summed E-state index contributed by atoms with van der Waals surface area (Å²) in [6, 6.07) is 11.6. The molecule has 56 heavy (non-hydrogen) atoms. The number of phenolic OH excluding ortho intramolecular Hbond substituents is 2. The largest absolute Gasteiger partial charge is 0.508 e. The Morgan fingerprint density at radius 2 is 1.14 bits per heavy atom. The molecular formula is C34H26BBrClF9N4O6. The summed E-state index contributed by atoms with van der Waals surface area (Å²) < 4.78 is 116. The van der Waals surface area contributed by atoms with Crippen LogP contribution in [-0.4, -0.2) is 46.1 Å². The lowest BCUT2D eigenvalue weighted by Crippen LogP contribution is -2.35. The fraction of sp³-hybridized carbons (Fsp3) is 0.176. The van der Waals surface area contributed by atoms with Crippen molar-refractivity contribution in [1.29, 1.82) is 0 Å². The third-order valence-corrected chi connectivity index (χ3v) is 8.32. The number of benzene rings is 2. The summed E-state index contributed by atoms with van der Waals surface area (Å²) >= 11 is 8.57. The topological polar surface area (TPSA) is 150 Å². The molecule has 4 heterocycles. The molecule has 0 fully saturated rings. The molecule has 0 aliphatic carbocycles. The van der Waals surface area contributed by atoms with Gasteiger partial charge in [-0.25, -0.2) is 9.97 Å². The Hall–Kier alpha value is -5.12. The van der Waals surface area contributed by atoms with Crippen molar-refractivity contribution in [3.05, 3.63) is 131 Å². The molecule has 6 rings (SSSR count). The molecule has 0 bridgehead atoms. The van der Waals surface area contributed by atoms with E-state index in [0.717, 1.165) is 44.7 Å². The van der Waals surface area contributed by atoms with Gasteiger partial charge < -0.3 is 20.3 Å².